The Bertz CT molecular complexity index is 1730. The van der Waals surface area contributed by atoms with Crippen LogP contribution in [0.25, 0.3) is 21.9 Å². The van der Waals surface area contributed by atoms with E-state index in [1.54, 1.807) is 19.2 Å². The summed E-state index contributed by atoms with van der Waals surface area (Å²) in [6.07, 6.45) is 4.49. The lowest BCUT2D eigenvalue weighted by Crippen LogP contribution is -2.18. The Balaban J connectivity index is 1.56. The van der Waals surface area contributed by atoms with Gasteiger partial charge in [-0.3, -0.25) is 14.6 Å². The predicted molar refractivity (Wildman–Crippen MR) is 131 cm³/mol. The van der Waals surface area contributed by atoms with Gasteiger partial charge in [-0.1, -0.05) is 6.92 Å². The van der Waals surface area contributed by atoms with Crippen LogP contribution in [0.4, 0.5) is 26.0 Å². The summed E-state index contributed by atoms with van der Waals surface area (Å²) >= 11 is 0. The number of nitrogens with zero attached hydrogens (tertiary/aromatic N) is 3. The van der Waals surface area contributed by atoms with E-state index in [1.807, 2.05) is 12.1 Å². The third-order valence-corrected chi connectivity index (χ3v) is 6.95. The Morgan fingerprint density at radius 2 is 1.97 bits per heavy atom. The van der Waals surface area contributed by atoms with Crippen LogP contribution < -0.4 is 10.0 Å². The average molecular weight is 512 g/mol. The molecular formula is C23H19F2N7O3S. The van der Waals surface area contributed by atoms with Crippen LogP contribution >= 0.6 is 0 Å². The number of hydrogen-bond donors (Lipinski definition) is 4. The van der Waals surface area contributed by atoms with Crippen LogP contribution in [0.1, 0.15) is 29.3 Å². The van der Waals surface area contributed by atoms with Crippen LogP contribution in [0, 0.1) is 11.6 Å². The van der Waals surface area contributed by atoms with Crippen molar-refractivity contribution < 1.29 is 22.0 Å². The van der Waals surface area contributed by atoms with Crippen LogP contribution in [0.3, 0.4) is 0 Å². The van der Waals surface area contributed by atoms with E-state index in [2.05, 4.69) is 35.2 Å². The molecule has 3 heterocycles. The minimum Gasteiger partial charge on any atom is -0.345 e. The van der Waals surface area contributed by atoms with Crippen LogP contribution in [0.5, 0.6) is 0 Å². The van der Waals surface area contributed by atoms with E-state index in [9.17, 15) is 17.6 Å². The molecule has 0 radical (unpaired) electrons. The first-order chi connectivity index (χ1) is 17.3. The molecule has 36 heavy (non-hydrogen) atoms. The minimum atomic E-state index is -3.87. The quantitative estimate of drug-likeness (QED) is 0.228. The van der Waals surface area contributed by atoms with E-state index >= 15 is 4.39 Å². The van der Waals surface area contributed by atoms with Crippen molar-refractivity contribution in [1.82, 2.24) is 25.1 Å². The molecule has 10 nitrogen and oxygen atoms in total. The molecule has 0 spiro atoms. The van der Waals surface area contributed by atoms with Crippen molar-refractivity contribution in [2.75, 3.05) is 15.8 Å². The number of carbonyl (C=O) groups excluding carboxylic acids is 1. The van der Waals surface area contributed by atoms with E-state index in [4.69, 9.17) is 0 Å². The van der Waals surface area contributed by atoms with Crippen molar-refractivity contribution in [3.05, 3.63) is 71.8 Å². The van der Waals surface area contributed by atoms with Gasteiger partial charge in [-0.25, -0.2) is 27.2 Å². The lowest BCUT2D eigenvalue weighted by atomic mass is 10.0. The Morgan fingerprint density at radius 1 is 1.14 bits per heavy atom. The molecule has 0 amide bonds. The molecule has 0 aliphatic carbocycles. The highest BCUT2D eigenvalue weighted by Gasteiger charge is 2.27. The molecule has 3 aromatic heterocycles. The molecule has 13 heteroatoms. The smallest absolute Gasteiger partial charge is 0.232 e. The number of benzene rings is 2. The van der Waals surface area contributed by atoms with Gasteiger partial charge in [-0.15, -0.1) is 0 Å². The zero-order valence-electron chi connectivity index (χ0n) is 18.8. The number of rotatable bonds is 8. The molecule has 0 atom stereocenters. The zero-order chi connectivity index (χ0) is 25.4. The maximum Gasteiger partial charge on any atom is 0.232 e. The molecule has 0 aliphatic rings. The SMILES string of the molecule is CCCS(=O)(=O)Nc1ccc(F)c(C(=O)c2c[nH]c3ncnc(Nc4ccc5[nH]ncc5c4)c23)c1F. The Morgan fingerprint density at radius 3 is 2.78 bits per heavy atom. The topological polar surface area (TPSA) is 146 Å². The summed E-state index contributed by atoms with van der Waals surface area (Å²) in [5.41, 5.74) is 0.211. The van der Waals surface area contributed by atoms with Gasteiger partial charge in [0, 0.05) is 17.3 Å². The van der Waals surface area contributed by atoms with Gasteiger partial charge >= 0.3 is 0 Å². The second-order valence-electron chi connectivity index (χ2n) is 7.98. The van der Waals surface area contributed by atoms with Crippen molar-refractivity contribution in [1.29, 1.82) is 0 Å². The van der Waals surface area contributed by atoms with Gasteiger partial charge in [0.1, 0.15) is 23.6 Å². The summed E-state index contributed by atoms with van der Waals surface area (Å²) < 4.78 is 56.3. The van der Waals surface area contributed by atoms with E-state index in [0.29, 0.717) is 12.1 Å². The van der Waals surface area contributed by atoms with E-state index in [1.165, 1.54) is 12.5 Å². The summed E-state index contributed by atoms with van der Waals surface area (Å²) in [6, 6.07) is 7.17. The highest BCUT2D eigenvalue weighted by Crippen LogP contribution is 2.31. The third kappa shape index (κ3) is 4.24. The first-order valence-electron chi connectivity index (χ1n) is 10.8. The van der Waals surface area contributed by atoms with Crippen molar-refractivity contribution in [3.63, 3.8) is 0 Å². The number of aromatic amines is 2. The largest absolute Gasteiger partial charge is 0.345 e. The summed E-state index contributed by atoms with van der Waals surface area (Å²) in [5, 5.41) is 11.0. The van der Waals surface area contributed by atoms with Gasteiger partial charge in [0.25, 0.3) is 0 Å². The van der Waals surface area contributed by atoms with Crippen molar-refractivity contribution in [2.45, 2.75) is 13.3 Å². The molecule has 5 rings (SSSR count). The number of fused-ring (bicyclic) bond motifs is 2. The minimum absolute atomic E-state index is 0.0937. The molecule has 4 N–H and O–H groups in total. The van der Waals surface area contributed by atoms with Crippen molar-refractivity contribution in [2.24, 2.45) is 0 Å². The number of sulfonamides is 1. The number of ketones is 1. The van der Waals surface area contributed by atoms with Gasteiger partial charge in [0.05, 0.1) is 39.7 Å². The van der Waals surface area contributed by atoms with Gasteiger partial charge in [0.2, 0.25) is 15.8 Å². The number of carbonyl (C=O) groups is 1. The number of H-pyrrole nitrogens is 2. The molecule has 0 saturated heterocycles. The molecule has 0 fully saturated rings. The molecule has 0 bridgehead atoms. The second kappa shape index (κ2) is 9.00. The van der Waals surface area contributed by atoms with Crippen LogP contribution in [-0.2, 0) is 10.0 Å². The van der Waals surface area contributed by atoms with E-state index in [-0.39, 0.29) is 28.2 Å². The van der Waals surface area contributed by atoms with E-state index < -0.39 is 38.7 Å². The van der Waals surface area contributed by atoms with Crippen LogP contribution in [0.15, 0.2) is 49.1 Å². The van der Waals surface area contributed by atoms with Crippen molar-refractivity contribution in [3.8, 4) is 0 Å². The second-order valence-corrected chi connectivity index (χ2v) is 9.82. The summed E-state index contributed by atoms with van der Waals surface area (Å²) in [5.74, 6) is -3.48. The maximum atomic E-state index is 15.3. The lowest BCUT2D eigenvalue weighted by molar-refractivity contribution is 0.103. The van der Waals surface area contributed by atoms with Gasteiger partial charge < -0.3 is 10.3 Å². The predicted octanol–water partition coefficient (Wildman–Crippen LogP) is 4.24. The zero-order valence-corrected chi connectivity index (χ0v) is 19.6. The average Bonchev–Trinajstić information content (AvgIpc) is 3.48. The number of anilines is 3. The number of hydrogen-bond acceptors (Lipinski definition) is 7. The van der Waals surface area contributed by atoms with Gasteiger partial charge in [0.15, 0.2) is 5.82 Å². The first-order valence-corrected chi connectivity index (χ1v) is 12.5. The van der Waals surface area contributed by atoms with E-state index in [0.717, 1.165) is 23.0 Å². The van der Waals surface area contributed by atoms with Crippen LogP contribution in [0.2, 0.25) is 0 Å². The summed E-state index contributed by atoms with van der Waals surface area (Å²) in [7, 11) is -3.87. The molecule has 0 unspecified atom stereocenters. The summed E-state index contributed by atoms with van der Waals surface area (Å²) in [4.78, 5) is 24.5. The third-order valence-electron chi connectivity index (χ3n) is 5.47. The molecule has 0 aliphatic heterocycles. The maximum absolute atomic E-state index is 15.3. The molecule has 2 aromatic carbocycles. The Kier molecular flexibility index (Phi) is 5.84. The highest BCUT2D eigenvalue weighted by molar-refractivity contribution is 7.92. The fraction of sp³-hybridized carbons (Fsp3) is 0.130. The number of aromatic nitrogens is 5. The fourth-order valence-corrected chi connectivity index (χ4v) is 4.99. The molecule has 5 aromatic rings. The summed E-state index contributed by atoms with van der Waals surface area (Å²) in [6.45, 7) is 1.65. The van der Waals surface area contributed by atoms with Crippen LogP contribution in [-0.4, -0.2) is 45.1 Å². The lowest BCUT2D eigenvalue weighted by Gasteiger charge is -2.12. The molecule has 184 valence electrons. The van der Waals surface area contributed by atoms with Gasteiger partial charge in [-0.2, -0.15) is 5.10 Å². The Hall–Kier alpha value is -4.39. The molecule has 0 saturated carbocycles. The number of halogens is 2. The normalized spacial score (nSPS) is 11.8. The standard InChI is InChI=1S/C23H19F2N7O3S/c1-2-7-36(34,35)32-17-6-4-15(24)19(20(17)25)21(33)14-10-26-22-18(14)23(28-11-27-22)30-13-3-5-16-12(8-13)9-29-31-16/h3-6,8-11,32H,2,7H2,1H3,(H,29,31)(H2,26,27,28,30). The van der Waals surface area contributed by atoms with Crippen molar-refractivity contribution >= 4 is 54.9 Å². The monoisotopic (exact) mass is 511 g/mol. The Labute approximate surface area is 203 Å². The highest BCUT2D eigenvalue weighted by atomic mass is 32.2. The molecular weight excluding hydrogens is 492 g/mol. The number of nitrogens with one attached hydrogen (secondary N) is 4. The van der Waals surface area contributed by atoms with Gasteiger partial charge in [-0.05, 0) is 36.8 Å². The first kappa shape index (κ1) is 23.4. The fourth-order valence-electron chi connectivity index (χ4n) is 3.86.